The van der Waals surface area contributed by atoms with Crippen LogP contribution in [0.4, 0.5) is 10.9 Å². The highest BCUT2D eigenvalue weighted by atomic mass is 32.1. The molecule has 4 rings (SSSR count). The maximum absolute atomic E-state index is 5.08. The minimum Gasteiger partial charge on any atom is -0.377 e. The first-order valence-corrected chi connectivity index (χ1v) is 8.74. The van der Waals surface area contributed by atoms with Crippen molar-refractivity contribution in [2.24, 2.45) is 0 Å². The van der Waals surface area contributed by atoms with Gasteiger partial charge in [0.2, 0.25) is 5.13 Å². The van der Waals surface area contributed by atoms with Gasteiger partial charge in [0.05, 0.1) is 0 Å². The van der Waals surface area contributed by atoms with Gasteiger partial charge >= 0.3 is 0 Å². The Morgan fingerprint density at radius 3 is 2.70 bits per heavy atom. The number of hydrogen-bond donors (Lipinski definition) is 0. The average Bonchev–Trinajstić information content (AvgIpc) is 3.35. The van der Waals surface area contributed by atoms with Crippen molar-refractivity contribution in [2.75, 3.05) is 43.1 Å². The van der Waals surface area contributed by atoms with Gasteiger partial charge in [-0.2, -0.15) is 4.37 Å². The van der Waals surface area contributed by atoms with Crippen LogP contribution in [0.15, 0.2) is 12.4 Å². The lowest BCUT2D eigenvalue weighted by atomic mass is 10.2. The maximum atomic E-state index is 5.08. The van der Waals surface area contributed by atoms with Gasteiger partial charge in [-0.3, -0.25) is 0 Å². The fourth-order valence-electron chi connectivity index (χ4n) is 2.82. The molecule has 0 spiro atoms. The van der Waals surface area contributed by atoms with Gasteiger partial charge in [-0.05, 0) is 12.8 Å². The average molecular weight is 332 g/mol. The largest absolute Gasteiger partial charge is 0.377 e. The van der Waals surface area contributed by atoms with Crippen molar-refractivity contribution >= 4 is 22.5 Å². The highest BCUT2D eigenvalue weighted by molar-refractivity contribution is 7.09. The molecule has 2 aromatic rings. The summed E-state index contributed by atoms with van der Waals surface area (Å²) in [5.74, 6) is 2.48. The van der Waals surface area contributed by atoms with Crippen LogP contribution in [0.2, 0.25) is 0 Å². The minimum absolute atomic E-state index is 0.474. The zero-order chi connectivity index (χ0) is 15.6. The van der Waals surface area contributed by atoms with Crippen LogP contribution in [-0.2, 0) is 11.3 Å². The summed E-state index contributed by atoms with van der Waals surface area (Å²) in [6, 6.07) is 2.16. The lowest BCUT2D eigenvalue weighted by Crippen LogP contribution is -2.46. The molecule has 0 bridgehead atoms. The van der Waals surface area contributed by atoms with E-state index in [9.17, 15) is 0 Å². The molecule has 23 heavy (non-hydrogen) atoms. The first kappa shape index (κ1) is 14.8. The summed E-state index contributed by atoms with van der Waals surface area (Å²) in [7, 11) is 1.66. The molecule has 0 N–H and O–H groups in total. The number of aromatic nitrogens is 4. The molecule has 0 atom stereocenters. The summed E-state index contributed by atoms with van der Waals surface area (Å²) in [5, 5.41) is 0.984. The Morgan fingerprint density at radius 1 is 1.17 bits per heavy atom. The van der Waals surface area contributed by atoms with E-state index in [2.05, 4.69) is 35.2 Å². The molecule has 2 aliphatic rings. The Morgan fingerprint density at radius 2 is 1.96 bits per heavy atom. The quantitative estimate of drug-likeness (QED) is 0.825. The number of hydrogen-bond acceptors (Lipinski definition) is 8. The lowest BCUT2D eigenvalue weighted by molar-refractivity contribution is 0.179. The molecule has 2 aromatic heterocycles. The van der Waals surface area contributed by atoms with Crippen molar-refractivity contribution in [3.63, 3.8) is 0 Å². The highest BCUT2D eigenvalue weighted by Gasteiger charge is 2.27. The second kappa shape index (κ2) is 6.37. The molecule has 1 saturated heterocycles. The standard InChI is InChI=1S/C15H20N6OS/c1-22-9-13-18-15(23-19-13)21-6-4-20(5-7-21)14-8-12(11-2-3-11)16-10-17-14/h8,10-11H,2-7,9H2,1H3. The molecule has 7 nitrogen and oxygen atoms in total. The van der Waals surface area contributed by atoms with Gasteiger partial charge in [-0.1, -0.05) is 0 Å². The van der Waals surface area contributed by atoms with Crippen LogP contribution in [0, 0.1) is 0 Å². The molecule has 8 heteroatoms. The van der Waals surface area contributed by atoms with Crippen molar-refractivity contribution in [2.45, 2.75) is 25.4 Å². The Kier molecular flexibility index (Phi) is 4.09. The number of methoxy groups -OCH3 is 1. The van der Waals surface area contributed by atoms with Gasteiger partial charge in [0.1, 0.15) is 18.8 Å². The van der Waals surface area contributed by atoms with Gasteiger partial charge in [0.15, 0.2) is 5.82 Å². The van der Waals surface area contributed by atoms with E-state index in [1.54, 1.807) is 13.4 Å². The number of anilines is 2. The Balaban J connectivity index is 1.39. The van der Waals surface area contributed by atoms with Crippen LogP contribution in [0.5, 0.6) is 0 Å². The molecular formula is C15H20N6OS. The lowest BCUT2D eigenvalue weighted by Gasteiger charge is -2.35. The summed E-state index contributed by atoms with van der Waals surface area (Å²) >= 11 is 1.45. The molecule has 1 aliphatic carbocycles. The summed E-state index contributed by atoms with van der Waals surface area (Å²) in [4.78, 5) is 18.0. The molecule has 122 valence electrons. The van der Waals surface area contributed by atoms with E-state index in [-0.39, 0.29) is 0 Å². The Labute approximate surface area is 139 Å². The van der Waals surface area contributed by atoms with Crippen LogP contribution < -0.4 is 9.80 Å². The van der Waals surface area contributed by atoms with Gasteiger partial charge in [0.25, 0.3) is 0 Å². The summed E-state index contributed by atoms with van der Waals surface area (Å²) in [6.07, 6.45) is 4.24. The predicted octanol–water partition coefficient (Wildman–Crippen LogP) is 1.68. The molecule has 3 heterocycles. The Hall–Kier alpha value is -1.80. The molecular weight excluding hydrogens is 312 g/mol. The summed E-state index contributed by atoms with van der Waals surface area (Å²) in [5.41, 5.74) is 1.20. The van der Waals surface area contributed by atoms with Gasteiger partial charge in [0, 0.05) is 62.5 Å². The van der Waals surface area contributed by atoms with E-state index >= 15 is 0 Å². The second-order valence-electron chi connectivity index (χ2n) is 5.98. The van der Waals surface area contributed by atoms with Crippen molar-refractivity contribution < 1.29 is 4.74 Å². The summed E-state index contributed by atoms with van der Waals surface area (Å²) in [6.45, 7) is 4.23. The fourth-order valence-corrected chi connectivity index (χ4v) is 3.55. The van der Waals surface area contributed by atoms with Crippen LogP contribution in [0.1, 0.15) is 30.3 Å². The minimum atomic E-state index is 0.474. The van der Waals surface area contributed by atoms with E-state index in [0.717, 1.165) is 43.0 Å². The summed E-state index contributed by atoms with van der Waals surface area (Å²) < 4.78 is 9.41. The van der Waals surface area contributed by atoms with Crippen LogP contribution in [0.3, 0.4) is 0 Å². The molecule has 0 radical (unpaired) electrons. The van der Waals surface area contributed by atoms with Crippen LogP contribution in [-0.4, -0.2) is 52.6 Å². The third kappa shape index (κ3) is 3.28. The fraction of sp³-hybridized carbons (Fsp3) is 0.600. The number of piperazine rings is 1. The third-order valence-electron chi connectivity index (χ3n) is 4.27. The molecule has 0 aromatic carbocycles. The predicted molar refractivity (Wildman–Crippen MR) is 89.1 cm³/mol. The SMILES string of the molecule is COCc1nsc(N2CCN(c3cc(C4CC4)ncn3)CC2)n1. The van der Waals surface area contributed by atoms with E-state index < -0.39 is 0 Å². The number of rotatable bonds is 5. The van der Waals surface area contributed by atoms with Gasteiger partial charge < -0.3 is 14.5 Å². The smallest absolute Gasteiger partial charge is 0.205 e. The molecule has 1 aliphatic heterocycles. The first-order valence-electron chi connectivity index (χ1n) is 7.97. The molecule has 1 saturated carbocycles. The maximum Gasteiger partial charge on any atom is 0.205 e. The zero-order valence-corrected chi connectivity index (χ0v) is 14.0. The van der Waals surface area contributed by atoms with E-state index in [1.165, 1.54) is 30.1 Å². The topological polar surface area (TPSA) is 67.3 Å². The van der Waals surface area contributed by atoms with Crippen molar-refractivity contribution in [3.8, 4) is 0 Å². The zero-order valence-electron chi connectivity index (χ0n) is 13.2. The van der Waals surface area contributed by atoms with E-state index in [1.807, 2.05) is 0 Å². The highest BCUT2D eigenvalue weighted by Crippen LogP contribution is 2.39. The Bertz CT molecular complexity index is 665. The van der Waals surface area contributed by atoms with Gasteiger partial charge in [-0.15, -0.1) is 0 Å². The first-order chi connectivity index (χ1) is 11.3. The second-order valence-corrected chi connectivity index (χ2v) is 6.71. The van der Waals surface area contributed by atoms with Crippen LogP contribution in [0.25, 0.3) is 0 Å². The van der Waals surface area contributed by atoms with Gasteiger partial charge in [-0.25, -0.2) is 15.0 Å². The van der Waals surface area contributed by atoms with Crippen molar-refractivity contribution in [3.05, 3.63) is 23.9 Å². The van der Waals surface area contributed by atoms with Crippen molar-refractivity contribution in [1.29, 1.82) is 0 Å². The number of ether oxygens (including phenoxy) is 1. The third-order valence-corrected chi connectivity index (χ3v) is 5.09. The monoisotopic (exact) mass is 332 g/mol. The number of nitrogens with zero attached hydrogens (tertiary/aromatic N) is 6. The molecule has 0 amide bonds. The van der Waals surface area contributed by atoms with E-state index in [0.29, 0.717) is 12.5 Å². The molecule has 2 fully saturated rings. The van der Waals surface area contributed by atoms with E-state index in [4.69, 9.17) is 4.74 Å². The van der Waals surface area contributed by atoms with Crippen LogP contribution >= 0.6 is 11.5 Å². The normalized spacial score (nSPS) is 18.5. The van der Waals surface area contributed by atoms with Crippen molar-refractivity contribution in [1.82, 2.24) is 19.3 Å². The molecule has 0 unspecified atom stereocenters.